The summed E-state index contributed by atoms with van der Waals surface area (Å²) in [5, 5.41) is 2.79. The molecule has 152 valence electrons. The van der Waals surface area contributed by atoms with E-state index in [1.54, 1.807) is 24.9 Å². The number of carbonyl (C=O) groups excluding carboxylic acids is 1. The Morgan fingerprint density at radius 2 is 2.11 bits per heavy atom. The van der Waals surface area contributed by atoms with Gasteiger partial charge in [-0.05, 0) is 56.6 Å². The van der Waals surface area contributed by atoms with Crippen molar-refractivity contribution in [1.82, 2.24) is 15.0 Å². The van der Waals surface area contributed by atoms with Gasteiger partial charge in [-0.1, -0.05) is 6.07 Å². The number of thioether (sulfide) groups is 1. The molecule has 27 heavy (non-hydrogen) atoms. The van der Waals surface area contributed by atoms with Crippen LogP contribution in [0.2, 0.25) is 0 Å². The van der Waals surface area contributed by atoms with Gasteiger partial charge in [0.1, 0.15) is 12.1 Å². The smallest absolute Gasteiger partial charge is 0.238 e. The van der Waals surface area contributed by atoms with Crippen LogP contribution in [0.15, 0.2) is 18.3 Å². The molecule has 1 aliphatic rings. The van der Waals surface area contributed by atoms with E-state index in [1.165, 1.54) is 12.8 Å². The SMILES string of the molecule is CCS(=O)(=O)NC(CCSC)C(=O)NCc1ccc(OC2CCCC2)nc1. The van der Waals surface area contributed by atoms with E-state index in [1.807, 2.05) is 18.4 Å². The second kappa shape index (κ2) is 10.9. The third-order valence-corrected chi connectivity index (χ3v) is 6.53. The zero-order valence-corrected chi connectivity index (χ0v) is 17.6. The van der Waals surface area contributed by atoms with E-state index in [9.17, 15) is 13.2 Å². The predicted molar refractivity (Wildman–Crippen MR) is 108 cm³/mol. The third kappa shape index (κ3) is 7.67. The molecule has 1 aromatic heterocycles. The van der Waals surface area contributed by atoms with Gasteiger partial charge in [0.15, 0.2) is 0 Å². The molecule has 9 heteroatoms. The lowest BCUT2D eigenvalue weighted by atomic mass is 10.2. The lowest BCUT2D eigenvalue weighted by Gasteiger charge is -2.18. The van der Waals surface area contributed by atoms with Gasteiger partial charge in [-0.25, -0.2) is 18.1 Å². The summed E-state index contributed by atoms with van der Waals surface area (Å²) in [5.41, 5.74) is 0.837. The Kier molecular flexibility index (Phi) is 8.85. The summed E-state index contributed by atoms with van der Waals surface area (Å²) in [5.74, 6) is 0.916. The topological polar surface area (TPSA) is 97.4 Å². The molecule has 0 radical (unpaired) electrons. The van der Waals surface area contributed by atoms with Gasteiger partial charge in [0.2, 0.25) is 21.8 Å². The molecular formula is C18H29N3O4S2. The summed E-state index contributed by atoms with van der Waals surface area (Å²) in [6, 6.07) is 2.91. The second-order valence-corrected chi connectivity index (χ2v) is 9.63. The first-order valence-corrected chi connectivity index (χ1v) is 12.4. The molecule has 1 saturated carbocycles. The number of amides is 1. The van der Waals surface area contributed by atoms with Gasteiger partial charge in [-0.2, -0.15) is 11.8 Å². The molecule has 2 rings (SSSR count). The first kappa shape index (κ1) is 22.0. The van der Waals surface area contributed by atoms with Crippen molar-refractivity contribution >= 4 is 27.7 Å². The summed E-state index contributed by atoms with van der Waals surface area (Å²) >= 11 is 1.57. The molecule has 1 atom stereocenters. The average molecular weight is 416 g/mol. The quantitative estimate of drug-likeness (QED) is 0.574. The number of aromatic nitrogens is 1. The van der Waals surface area contributed by atoms with E-state index in [0.29, 0.717) is 24.6 Å². The van der Waals surface area contributed by atoms with E-state index in [2.05, 4.69) is 15.0 Å². The van der Waals surface area contributed by atoms with Gasteiger partial charge in [0.05, 0.1) is 5.75 Å². The van der Waals surface area contributed by atoms with Crippen molar-refractivity contribution in [1.29, 1.82) is 0 Å². The van der Waals surface area contributed by atoms with E-state index >= 15 is 0 Å². The van der Waals surface area contributed by atoms with Crippen LogP contribution in [0, 0.1) is 0 Å². The van der Waals surface area contributed by atoms with Crippen molar-refractivity contribution < 1.29 is 17.9 Å². The second-order valence-electron chi connectivity index (χ2n) is 6.60. The number of nitrogens with zero attached hydrogens (tertiary/aromatic N) is 1. The zero-order chi connectivity index (χ0) is 19.7. The summed E-state index contributed by atoms with van der Waals surface area (Å²) < 4.78 is 31.9. The molecule has 1 unspecified atom stereocenters. The summed E-state index contributed by atoms with van der Waals surface area (Å²) in [6.07, 6.45) is 8.85. The van der Waals surface area contributed by atoms with Crippen molar-refractivity contribution in [2.24, 2.45) is 0 Å². The van der Waals surface area contributed by atoms with Crippen LogP contribution >= 0.6 is 11.8 Å². The van der Waals surface area contributed by atoms with E-state index in [-0.39, 0.29) is 17.8 Å². The molecule has 0 aromatic carbocycles. The van der Waals surface area contributed by atoms with E-state index < -0.39 is 16.1 Å². The van der Waals surface area contributed by atoms with Crippen molar-refractivity contribution in [3.8, 4) is 5.88 Å². The molecule has 1 aromatic rings. The highest BCUT2D eigenvalue weighted by atomic mass is 32.2. The fraction of sp³-hybridized carbons (Fsp3) is 0.667. The molecule has 2 N–H and O–H groups in total. The third-order valence-electron chi connectivity index (χ3n) is 4.48. The number of ether oxygens (including phenoxy) is 1. The highest BCUT2D eigenvalue weighted by molar-refractivity contribution is 7.98. The van der Waals surface area contributed by atoms with Crippen molar-refractivity contribution in [3.05, 3.63) is 23.9 Å². The van der Waals surface area contributed by atoms with Crippen LogP contribution in [0.25, 0.3) is 0 Å². The van der Waals surface area contributed by atoms with Gasteiger partial charge >= 0.3 is 0 Å². The van der Waals surface area contributed by atoms with Crippen molar-refractivity contribution in [3.63, 3.8) is 0 Å². The fourth-order valence-electron chi connectivity index (χ4n) is 2.85. The zero-order valence-electron chi connectivity index (χ0n) is 15.9. The molecule has 0 bridgehead atoms. The number of hydrogen-bond acceptors (Lipinski definition) is 6. The molecule has 0 aliphatic heterocycles. The van der Waals surface area contributed by atoms with Crippen LogP contribution in [0.1, 0.15) is 44.6 Å². The molecule has 1 heterocycles. The van der Waals surface area contributed by atoms with Gasteiger partial charge in [-0.15, -0.1) is 0 Å². The Morgan fingerprint density at radius 1 is 1.37 bits per heavy atom. The molecule has 7 nitrogen and oxygen atoms in total. The van der Waals surface area contributed by atoms with Gasteiger partial charge in [0, 0.05) is 18.8 Å². The molecule has 1 aliphatic carbocycles. The largest absolute Gasteiger partial charge is 0.474 e. The maximum atomic E-state index is 12.4. The number of pyridine rings is 1. The number of sulfonamides is 1. The Bertz CT molecular complexity index is 689. The van der Waals surface area contributed by atoms with Crippen molar-refractivity contribution in [2.45, 2.75) is 57.7 Å². The number of rotatable bonds is 11. The Labute approximate surface area is 166 Å². The lowest BCUT2D eigenvalue weighted by Crippen LogP contribution is -2.47. The standard InChI is InChI=1S/C18H29N3O4S2/c1-3-27(23,24)21-16(10-11-26-2)18(22)20-13-14-8-9-17(19-12-14)25-15-6-4-5-7-15/h8-9,12,15-16,21H,3-7,10-11,13H2,1-2H3,(H,20,22). The van der Waals surface area contributed by atoms with Gasteiger partial charge < -0.3 is 10.1 Å². The minimum atomic E-state index is -3.44. The molecule has 0 spiro atoms. The molecule has 1 amide bonds. The molecule has 1 fully saturated rings. The lowest BCUT2D eigenvalue weighted by molar-refractivity contribution is -0.122. The number of nitrogens with one attached hydrogen (secondary N) is 2. The van der Waals surface area contributed by atoms with Gasteiger partial charge in [-0.3, -0.25) is 4.79 Å². The van der Waals surface area contributed by atoms with Crippen LogP contribution in [-0.2, 0) is 21.4 Å². The Morgan fingerprint density at radius 3 is 2.70 bits per heavy atom. The first-order chi connectivity index (χ1) is 12.9. The summed E-state index contributed by atoms with van der Waals surface area (Å²) in [4.78, 5) is 16.7. The number of carbonyl (C=O) groups is 1. The minimum Gasteiger partial charge on any atom is -0.474 e. The Balaban J connectivity index is 1.87. The highest BCUT2D eigenvalue weighted by Crippen LogP contribution is 2.22. The van der Waals surface area contributed by atoms with Crippen molar-refractivity contribution in [2.75, 3.05) is 17.8 Å². The maximum Gasteiger partial charge on any atom is 0.238 e. The maximum absolute atomic E-state index is 12.4. The molecule has 0 saturated heterocycles. The Hall–Kier alpha value is -1.32. The first-order valence-electron chi connectivity index (χ1n) is 9.31. The monoisotopic (exact) mass is 415 g/mol. The van der Waals surface area contributed by atoms with Crippen LogP contribution in [0.3, 0.4) is 0 Å². The number of hydrogen-bond donors (Lipinski definition) is 2. The average Bonchev–Trinajstić information content (AvgIpc) is 3.17. The van der Waals surface area contributed by atoms with E-state index in [0.717, 1.165) is 18.4 Å². The summed E-state index contributed by atoms with van der Waals surface area (Å²) in [7, 11) is -3.44. The summed E-state index contributed by atoms with van der Waals surface area (Å²) in [6.45, 7) is 1.84. The molecular weight excluding hydrogens is 386 g/mol. The van der Waals surface area contributed by atoms with Crippen LogP contribution in [0.5, 0.6) is 5.88 Å². The minimum absolute atomic E-state index is 0.0532. The van der Waals surface area contributed by atoms with Gasteiger partial charge in [0.25, 0.3) is 0 Å². The predicted octanol–water partition coefficient (Wildman–Crippen LogP) is 2.08. The van der Waals surface area contributed by atoms with E-state index in [4.69, 9.17) is 4.74 Å². The highest BCUT2D eigenvalue weighted by Gasteiger charge is 2.23. The van der Waals surface area contributed by atoms with Crippen LogP contribution < -0.4 is 14.8 Å². The van der Waals surface area contributed by atoms with Crippen LogP contribution in [0.4, 0.5) is 0 Å². The fourth-order valence-corrected chi connectivity index (χ4v) is 4.15. The normalized spacial score (nSPS) is 16.2. The van der Waals surface area contributed by atoms with Crippen LogP contribution in [-0.4, -0.2) is 49.2 Å².